The Kier molecular flexibility index (Phi) is 5.28. The number of nitrogens with one attached hydrogen (secondary N) is 1. The Morgan fingerprint density at radius 1 is 1.11 bits per heavy atom. The number of fused-ring (bicyclic) bond motifs is 1. The molecule has 1 aliphatic heterocycles. The number of hydrogen-bond donors (Lipinski definition) is 1. The Hall–Kier alpha value is -2.56. The smallest absolute Gasteiger partial charge is 0.225 e. The van der Waals surface area contributed by atoms with Crippen LogP contribution in [-0.2, 0) is 9.59 Å². The number of rotatable bonds is 6. The van der Waals surface area contributed by atoms with E-state index < -0.39 is 0 Å². The number of carbonyl (C=O) groups is 2. The van der Waals surface area contributed by atoms with E-state index in [1.165, 1.54) is 18.2 Å². The van der Waals surface area contributed by atoms with E-state index in [4.69, 9.17) is 4.74 Å². The van der Waals surface area contributed by atoms with Crippen molar-refractivity contribution < 1.29 is 14.3 Å². The van der Waals surface area contributed by atoms with E-state index in [1.54, 1.807) is 0 Å². The molecule has 5 nitrogen and oxygen atoms in total. The predicted octanol–water partition coefficient (Wildman–Crippen LogP) is 3.13. The van der Waals surface area contributed by atoms with Crippen molar-refractivity contribution in [3.63, 3.8) is 0 Å². The minimum Gasteiger partial charge on any atom is -0.492 e. The van der Waals surface area contributed by atoms with Crippen LogP contribution >= 0.6 is 0 Å². The lowest BCUT2D eigenvalue weighted by atomic mass is 10.1. The molecule has 1 atom stereocenters. The summed E-state index contributed by atoms with van der Waals surface area (Å²) in [5.41, 5.74) is 0. The Bertz CT molecular complexity index is 829. The van der Waals surface area contributed by atoms with Crippen molar-refractivity contribution in [3.8, 4) is 5.75 Å². The molecule has 1 saturated carbocycles. The van der Waals surface area contributed by atoms with Gasteiger partial charge in [-0.15, -0.1) is 0 Å². The first-order valence-electron chi connectivity index (χ1n) is 9.89. The Morgan fingerprint density at radius 2 is 1.89 bits per heavy atom. The van der Waals surface area contributed by atoms with E-state index in [0.29, 0.717) is 32.2 Å². The van der Waals surface area contributed by atoms with Crippen LogP contribution in [0.4, 0.5) is 0 Å². The molecule has 0 aromatic heterocycles. The van der Waals surface area contributed by atoms with Gasteiger partial charge in [-0.2, -0.15) is 0 Å². The van der Waals surface area contributed by atoms with Crippen molar-refractivity contribution >= 4 is 22.6 Å². The van der Waals surface area contributed by atoms with Gasteiger partial charge in [-0.25, -0.2) is 0 Å². The first-order valence-corrected chi connectivity index (χ1v) is 9.89. The summed E-state index contributed by atoms with van der Waals surface area (Å²) in [5, 5.41) is 5.23. The average molecular weight is 366 g/mol. The van der Waals surface area contributed by atoms with Gasteiger partial charge in [0, 0.05) is 19.0 Å². The third-order valence-corrected chi connectivity index (χ3v) is 5.69. The van der Waals surface area contributed by atoms with E-state index in [2.05, 4.69) is 17.4 Å². The standard InChI is InChI=1S/C22H26N2O3/c25-21-14-18(15-24(21)19-7-3-4-8-19)22(26)23-11-12-27-20-10-9-16-5-1-2-6-17(16)13-20/h1-2,5-6,9-10,13,18-19H,3-4,7-8,11-12,14-15H2,(H,23,26)/t18-/m0/s1. The summed E-state index contributed by atoms with van der Waals surface area (Å²) < 4.78 is 5.76. The third kappa shape index (κ3) is 4.07. The van der Waals surface area contributed by atoms with Crippen molar-refractivity contribution in [2.24, 2.45) is 5.92 Å². The molecule has 1 saturated heterocycles. The fraction of sp³-hybridized carbons (Fsp3) is 0.455. The van der Waals surface area contributed by atoms with Gasteiger partial charge in [-0.05, 0) is 35.7 Å². The Balaban J connectivity index is 1.23. The summed E-state index contributed by atoms with van der Waals surface area (Å²) in [6.07, 6.45) is 4.89. The summed E-state index contributed by atoms with van der Waals surface area (Å²) in [6, 6.07) is 14.5. The highest BCUT2D eigenvalue weighted by molar-refractivity contribution is 5.89. The highest BCUT2D eigenvalue weighted by Crippen LogP contribution is 2.29. The van der Waals surface area contributed by atoms with Gasteiger partial charge in [0.15, 0.2) is 0 Å². The van der Waals surface area contributed by atoms with E-state index in [9.17, 15) is 9.59 Å². The first kappa shape index (κ1) is 17.8. The molecule has 27 heavy (non-hydrogen) atoms. The molecule has 5 heteroatoms. The van der Waals surface area contributed by atoms with Crippen LogP contribution < -0.4 is 10.1 Å². The van der Waals surface area contributed by atoms with E-state index in [-0.39, 0.29) is 17.7 Å². The van der Waals surface area contributed by atoms with E-state index >= 15 is 0 Å². The average Bonchev–Trinajstić information content (AvgIpc) is 3.34. The molecule has 142 valence electrons. The number of amides is 2. The number of nitrogens with zero attached hydrogens (tertiary/aromatic N) is 1. The molecule has 2 aliphatic rings. The number of carbonyl (C=O) groups excluding carboxylic acids is 2. The van der Waals surface area contributed by atoms with Gasteiger partial charge in [0.2, 0.25) is 11.8 Å². The first-order chi connectivity index (χ1) is 13.2. The molecule has 1 N–H and O–H groups in total. The summed E-state index contributed by atoms with van der Waals surface area (Å²) in [4.78, 5) is 26.5. The summed E-state index contributed by atoms with van der Waals surface area (Å²) in [7, 11) is 0. The van der Waals surface area contributed by atoms with Gasteiger partial charge >= 0.3 is 0 Å². The molecule has 1 aliphatic carbocycles. The topological polar surface area (TPSA) is 58.6 Å². The summed E-state index contributed by atoms with van der Waals surface area (Å²) >= 11 is 0. The van der Waals surface area contributed by atoms with Crippen molar-refractivity contribution in [1.29, 1.82) is 0 Å². The number of likely N-dealkylation sites (tertiary alicyclic amines) is 1. The van der Waals surface area contributed by atoms with Crippen LogP contribution in [0.2, 0.25) is 0 Å². The Morgan fingerprint density at radius 3 is 2.70 bits per heavy atom. The van der Waals surface area contributed by atoms with Crippen molar-refractivity contribution in [2.45, 2.75) is 38.1 Å². The second-order valence-corrected chi connectivity index (χ2v) is 7.53. The van der Waals surface area contributed by atoms with E-state index in [0.717, 1.165) is 24.0 Å². The molecule has 2 aromatic rings. The minimum atomic E-state index is -0.223. The molecule has 1 heterocycles. The third-order valence-electron chi connectivity index (χ3n) is 5.69. The fourth-order valence-corrected chi connectivity index (χ4v) is 4.22. The fourth-order valence-electron chi connectivity index (χ4n) is 4.22. The van der Waals surface area contributed by atoms with Crippen LogP contribution in [-0.4, -0.2) is 42.5 Å². The number of hydrogen-bond acceptors (Lipinski definition) is 3. The molecule has 0 radical (unpaired) electrons. The molecular formula is C22H26N2O3. The van der Waals surface area contributed by atoms with Crippen LogP contribution in [0.25, 0.3) is 10.8 Å². The molecule has 2 amide bonds. The maximum absolute atomic E-state index is 12.4. The van der Waals surface area contributed by atoms with Gasteiger partial charge in [0.05, 0.1) is 12.5 Å². The molecular weight excluding hydrogens is 340 g/mol. The molecule has 0 bridgehead atoms. The SMILES string of the molecule is O=C(NCCOc1ccc2ccccc2c1)[C@H]1CC(=O)N(C2CCCC2)C1. The van der Waals surface area contributed by atoms with Crippen molar-refractivity contribution in [2.75, 3.05) is 19.7 Å². The van der Waals surface area contributed by atoms with Crippen LogP contribution in [0.3, 0.4) is 0 Å². The van der Waals surface area contributed by atoms with Gasteiger partial charge in [0.1, 0.15) is 12.4 Å². The Labute approximate surface area is 159 Å². The molecule has 2 aromatic carbocycles. The zero-order valence-electron chi connectivity index (χ0n) is 15.5. The van der Waals surface area contributed by atoms with Crippen LogP contribution in [0.1, 0.15) is 32.1 Å². The van der Waals surface area contributed by atoms with Gasteiger partial charge in [-0.1, -0.05) is 43.2 Å². The van der Waals surface area contributed by atoms with Crippen LogP contribution in [0, 0.1) is 5.92 Å². The van der Waals surface area contributed by atoms with Gasteiger partial charge in [-0.3, -0.25) is 9.59 Å². The second-order valence-electron chi connectivity index (χ2n) is 7.53. The molecule has 0 spiro atoms. The van der Waals surface area contributed by atoms with Gasteiger partial charge < -0.3 is 15.0 Å². The normalized spacial score (nSPS) is 20.4. The zero-order chi connectivity index (χ0) is 18.6. The summed E-state index contributed by atoms with van der Waals surface area (Å²) in [5.74, 6) is 0.672. The molecule has 0 unspecified atom stereocenters. The van der Waals surface area contributed by atoms with Crippen LogP contribution in [0.5, 0.6) is 5.75 Å². The summed E-state index contributed by atoms with van der Waals surface area (Å²) in [6.45, 7) is 1.43. The lowest BCUT2D eigenvalue weighted by Gasteiger charge is -2.23. The van der Waals surface area contributed by atoms with Crippen molar-refractivity contribution in [3.05, 3.63) is 42.5 Å². The van der Waals surface area contributed by atoms with Gasteiger partial charge in [0.25, 0.3) is 0 Å². The van der Waals surface area contributed by atoms with Crippen molar-refractivity contribution in [1.82, 2.24) is 10.2 Å². The highest BCUT2D eigenvalue weighted by Gasteiger charge is 2.38. The van der Waals surface area contributed by atoms with E-state index in [1.807, 2.05) is 35.2 Å². The molecule has 4 rings (SSSR count). The lowest BCUT2D eigenvalue weighted by Crippen LogP contribution is -2.37. The minimum absolute atomic E-state index is 0.0361. The van der Waals surface area contributed by atoms with Crippen LogP contribution in [0.15, 0.2) is 42.5 Å². The zero-order valence-corrected chi connectivity index (χ0v) is 15.5. The maximum atomic E-state index is 12.4. The number of ether oxygens (including phenoxy) is 1. The largest absolute Gasteiger partial charge is 0.492 e. The number of benzene rings is 2. The highest BCUT2D eigenvalue weighted by atomic mass is 16.5. The quantitative estimate of drug-likeness (QED) is 0.799. The predicted molar refractivity (Wildman–Crippen MR) is 105 cm³/mol. The monoisotopic (exact) mass is 366 g/mol. The molecule has 2 fully saturated rings. The lowest BCUT2D eigenvalue weighted by molar-refractivity contribution is -0.130. The second kappa shape index (κ2) is 7.99. The maximum Gasteiger partial charge on any atom is 0.225 e.